The fraction of sp³-hybridized carbons (Fsp3) is 0.100. The monoisotopic (exact) mass is 837 g/mol. The van der Waals surface area contributed by atoms with Crippen LogP contribution in [-0.2, 0) is 10.8 Å². The highest BCUT2D eigenvalue weighted by Gasteiger charge is 2.57. The summed E-state index contributed by atoms with van der Waals surface area (Å²) in [4.78, 5) is 2.67. The van der Waals surface area contributed by atoms with Crippen LogP contribution in [0.2, 0.25) is 0 Å². The standard InChI is InChI=1S/C60H43NSSi/c1-36-29-31-38-39-32-30-37(2)34-54(39)63(53(38)33-36)52-28-16-6-18-41(52)56-55(63)35-50(58-57(56)40-17-5-15-27-51(40)62-58)61-48-25-13-11-23-46(48)60(47-24-12-14-26-49(47)61)44-21-9-7-19-42(44)59(3,4)43-20-8-10-22-45(43)60/h5-35H,1-4H3. The summed E-state index contributed by atoms with van der Waals surface area (Å²) in [5.41, 5.74) is 19.5. The summed E-state index contributed by atoms with van der Waals surface area (Å²) in [6.45, 7) is 9.37. The van der Waals surface area contributed by atoms with E-state index in [2.05, 4.69) is 221 Å². The molecule has 0 atom stereocenters. The van der Waals surface area contributed by atoms with Crippen molar-refractivity contribution in [2.24, 2.45) is 0 Å². The zero-order chi connectivity index (χ0) is 42.0. The molecule has 0 bridgehead atoms. The SMILES string of the molecule is Cc1ccc2c(c1)[Si]1(c3cc(C)ccc3-2)c2ccccc2-c2c1cc(N1c3ccccc3C3(c4ccccc41)c1ccccc1C(C)(C)c1ccccc13)c1sc3ccccc3c21. The first-order chi connectivity index (χ1) is 30.8. The number of hydrogen-bond donors (Lipinski definition) is 0. The van der Waals surface area contributed by atoms with Gasteiger partial charge < -0.3 is 4.90 Å². The summed E-state index contributed by atoms with van der Waals surface area (Å²) in [7, 11) is -2.84. The van der Waals surface area contributed by atoms with Crippen LogP contribution in [0.5, 0.6) is 0 Å². The Morgan fingerprint density at radius 1 is 0.429 bits per heavy atom. The first kappa shape index (κ1) is 35.8. The fourth-order valence-electron chi connectivity index (χ4n) is 13.0. The number of anilines is 3. The number of fused-ring (bicyclic) bond motifs is 22. The number of para-hydroxylation sites is 2. The lowest BCUT2D eigenvalue weighted by atomic mass is 9.53. The molecule has 0 saturated heterocycles. The molecule has 0 unspecified atom stereocenters. The Kier molecular flexibility index (Phi) is 6.94. The van der Waals surface area contributed by atoms with E-state index in [1.165, 1.54) is 125 Å². The molecule has 0 radical (unpaired) electrons. The van der Waals surface area contributed by atoms with Gasteiger partial charge in [-0.2, -0.15) is 0 Å². The number of rotatable bonds is 1. The molecule has 2 spiro atoms. The van der Waals surface area contributed by atoms with E-state index in [-0.39, 0.29) is 5.41 Å². The molecule has 1 aromatic heterocycles. The maximum absolute atomic E-state index is 2.84. The molecule has 4 aliphatic rings. The van der Waals surface area contributed by atoms with E-state index in [0.717, 1.165) is 0 Å². The van der Waals surface area contributed by atoms with Crippen molar-refractivity contribution in [3.8, 4) is 22.3 Å². The Morgan fingerprint density at radius 2 is 0.937 bits per heavy atom. The van der Waals surface area contributed by atoms with Gasteiger partial charge in [-0.05, 0) is 114 Å². The molecule has 10 aromatic rings. The molecule has 1 nitrogen and oxygen atoms in total. The second-order valence-electron chi connectivity index (χ2n) is 18.9. The molecular weight excluding hydrogens is 795 g/mol. The molecule has 0 N–H and O–H groups in total. The van der Waals surface area contributed by atoms with Gasteiger partial charge in [-0.1, -0.05) is 189 Å². The van der Waals surface area contributed by atoms with E-state index in [9.17, 15) is 0 Å². The lowest BCUT2D eigenvalue weighted by Crippen LogP contribution is -2.70. The average molecular weight is 838 g/mol. The predicted molar refractivity (Wildman–Crippen MR) is 269 cm³/mol. The highest BCUT2D eigenvalue weighted by atomic mass is 32.1. The van der Waals surface area contributed by atoms with Gasteiger partial charge in [-0.3, -0.25) is 0 Å². The van der Waals surface area contributed by atoms with E-state index in [4.69, 9.17) is 0 Å². The Labute approximate surface area is 373 Å². The minimum absolute atomic E-state index is 0.165. The molecule has 0 fully saturated rings. The third-order valence-electron chi connectivity index (χ3n) is 15.4. The van der Waals surface area contributed by atoms with E-state index in [1.54, 1.807) is 0 Å². The Bertz CT molecular complexity index is 3510. The lowest BCUT2D eigenvalue weighted by Gasteiger charge is -2.52. The van der Waals surface area contributed by atoms with Gasteiger partial charge in [-0.25, -0.2) is 0 Å². The number of hydrogen-bond acceptors (Lipinski definition) is 2. The van der Waals surface area contributed by atoms with Gasteiger partial charge in [0.1, 0.15) is 0 Å². The quantitative estimate of drug-likeness (QED) is 0.149. The molecule has 14 rings (SSSR count). The molecule has 298 valence electrons. The van der Waals surface area contributed by atoms with Crippen LogP contribution in [-0.4, -0.2) is 8.07 Å². The van der Waals surface area contributed by atoms with Crippen molar-refractivity contribution in [3.63, 3.8) is 0 Å². The summed E-state index contributed by atoms with van der Waals surface area (Å²) in [5.74, 6) is 0. The van der Waals surface area contributed by atoms with Crippen LogP contribution in [0, 0.1) is 13.8 Å². The summed E-state index contributed by atoms with van der Waals surface area (Å²) >= 11 is 1.96. The van der Waals surface area contributed by atoms with Crippen LogP contribution in [0.25, 0.3) is 42.4 Å². The Morgan fingerprint density at radius 3 is 1.56 bits per heavy atom. The summed E-state index contributed by atoms with van der Waals surface area (Å²) < 4.78 is 2.67. The normalized spacial score (nSPS) is 16.0. The largest absolute Gasteiger partial charge is 0.308 e. The van der Waals surface area contributed by atoms with Gasteiger partial charge in [0, 0.05) is 20.9 Å². The highest BCUT2D eigenvalue weighted by molar-refractivity contribution is 7.27. The first-order valence-corrected chi connectivity index (χ1v) is 25.2. The number of aryl methyl sites for hydroxylation is 2. The van der Waals surface area contributed by atoms with Crippen LogP contribution in [0.3, 0.4) is 0 Å². The Balaban J connectivity index is 1.16. The van der Waals surface area contributed by atoms with Crippen LogP contribution < -0.4 is 25.6 Å². The van der Waals surface area contributed by atoms with Crippen molar-refractivity contribution in [1.29, 1.82) is 0 Å². The van der Waals surface area contributed by atoms with Crippen molar-refractivity contribution in [2.45, 2.75) is 38.5 Å². The average Bonchev–Trinajstić information content (AvgIpc) is 3.94. The maximum Gasteiger partial charge on any atom is 0.182 e. The first-order valence-electron chi connectivity index (χ1n) is 22.3. The smallest absolute Gasteiger partial charge is 0.182 e. The van der Waals surface area contributed by atoms with Crippen LogP contribution in [0.1, 0.15) is 58.4 Å². The number of nitrogens with zero attached hydrogens (tertiary/aromatic N) is 1. The summed E-state index contributed by atoms with van der Waals surface area (Å²) in [6.07, 6.45) is 0. The minimum atomic E-state index is -2.84. The second kappa shape index (κ2) is 12.2. The summed E-state index contributed by atoms with van der Waals surface area (Å²) in [5, 5.41) is 8.81. The van der Waals surface area contributed by atoms with E-state index < -0.39 is 13.5 Å². The van der Waals surface area contributed by atoms with Crippen molar-refractivity contribution in [3.05, 3.63) is 233 Å². The van der Waals surface area contributed by atoms with Crippen molar-refractivity contribution in [1.82, 2.24) is 0 Å². The van der Waals surface area contributed by atoms with Gasteiger partial charge in [0.2, 0.25) is 0 Å². The second-order valence-corrected chi connectivity index (χ2v) is 23.6. The van der Waals surface area contributed by atoms with E-state index >= 15 is 0 Å². The molecule has 0 amide bonds. The number of thiophene rings is 1. The highest BCUT2D eigenvalue weighted by Crippen LogP contribution is 2.63. The molecule has 9 aromatic carbocycles. The third-order valence-corrected chi connectivity index (χ3v) is 21.5. The van der Waals surface area contributed by atoms with E-state index in [0.29, 0.717) is 0 Å². The van der Waals surface area contributed by atoms with Gasteiger partial charge >= 0.3 is 0 Å². The molecule has 3 heteroatoms. The van der Waals surface area contributed by atoms with Gasteiger partial charge in [0.15, 0.2) is 8.07 Å². The lowest BCUT2D eigenvalue weighted by molar-refractivity contribution is 0.556. The van der Waals surface area contributed by atoms with E-state index in [1.807, 2.05) is 11.3 Å². The maximum atomic E-state index is 2.69. The predicted octanol–water partition coefficient (Wildman–Crippen LogP) is 12.8. The molecular formula is C60H43NSSi. The zero-order valence-corrected chi connectivity index (χ0v) is 37.6. The molecule has 63 heavy (non-hydrogen) atoms. The van der Waals surface area contributed by atoms with Crippen molar-refractivity contribution < 1.29 is 0 Å². The van der Waals surface area contributed by atoms with Gasteiger partial charge in [0.25, 0.3) is 0 Å². The van der Waals surface area contributed by atoms with Gasteiger partial charge in [-0.15, -0.1) is 11.3 Å². The van der Waals surface area contributed by atoms with Crippen molar-refractivity contribution >= 4 is 77.4 Å². The topological polar surface area (TPSA) is 3.24 Å². The zero-order valence-electron chi connectivity index (χ0n) is 35.8. The third kappa shape index (κ3) is 4.19. The molecule has 1 aliphatic carbocycles. The minimum Gasteiger partial charge on any atom is -0.308 e. The molecule has 3 aliphatic heterocycles. The van der Waals surface area contributed by atoms with Crippen LogP contribution in [0.4, 0.5) is 17.1 Å². The number of benzene rings is 9. The molecule has 0 saturated carbocycles. The van der Waals surface area contributed by atoms with Crippen LogP contribution in [0.15, 0.2) is 188 Å². The van der Waals surface area contributed by atoms with Crippen LogP contribution >= 0.6 is 11.3 Å². The fourth-order valence-corrected chi connectivity index (χ4v) is 20.1. The van der Waals surface area contributed by atoms with Gasteiger partial charge in [0.05, 0.1) is 27.2 Å². The summed E-state index contributed by atoms with van der Waals surface area (Å²) in [6, 6.07) is 73.2. The Hall–Kier alpha value is -6.78. The molecule has 4 heterocycles. The van der Waals surface area contributed by atoms with Crippen molar-refractivity contribution in [2.75, 3.05) is 4.90 Å².